The third kappa shape index (κ3) is 6.63. The first-order valence-corrected chi connectivity index (χ1v) is 19.5. The summed E-state index contributed by atoms with van der Waals surface area (Å²) in [6.45, 7) is 7.45. The summed E-state index contributed by atoms with van der Waals surface area (Å²) in [6, 6.07) is 18.6. The maximum atomic E-state index is 13.4. The number of nitrogen functional groups attached to an aromatic ring is 1. The van der Waals surface area contributed by atoms with Gasteiger partial charge in [-0.05, 0) is 55.7 Å². The van der Waals surface area contributed by atoms with E-state index in [4.69, 9.17) is 15.6 Å². The van der Waals surface area contributed by atoms with E-state index >= 15 is 0 Å². The molecule has 0 radical (unpaired) electrons. The average molecular weight is 770 g/mol. The van der Waals surface area contributed by atoms with Crippen molar-refractivity contribution in [3.8, 4) is 22.9 Å². The Labute approximate surface area is 328 Å². The van der Waals surface area contributed by atoms with Gasteiger partial charge in [0.15, 0.2) is 5.65 Å². The molecule has 3 aromatic heterocycles. The van der Waals surface area contributed by atoms with Crippen molar-refractivity contribution < 1.29 is 23.9 Å². The normalized spacial score (nSPS) is 18.7. The van der Waals surface area contributed by atoms with Gasteiger partial charge in [-0.15, -0.1) is 0 Å². The zero-order chi connectivity index (χ0) is 39.2. The molecule has 0 saturated carbocycles. The number of carbonyl (C=O) groups is 4. The largest absolute Gasteiger partial charge is 0.439 e. The van der Waals surface area contributed by atoms with Crippen LogP contribution in [0.4, 0.5) is 11.5 Å². The molecule has 3 N–H and O–H groups in total. The number of rotatable bonds is 12. The highest BCUT2D eigenvalue weighted by atomic mass is 16.5. The molecule has 1 atom stereocenters. The molecule has 16 nitrogen and oxygen atoms in total. The predicted molar refractivity (Wildman–Crippen MR) is 211 cm³/mol. The van der Waals surface area contributed by atoms with Gasteiger partial charge in [-0.2, -0.15) is 5.10 Å². The number of benzene rings is 2. The average Bonchev–Trinajstić information content (AvgIpc) is 3.70. The van der Waals surface area contributed by atoms with Crippen molar-refractivity contribution in [2.75, 3.05) is 49.9 Å². The van der Waals surface area contributed by atoms with E-state index < -0.39 is 23.8 Å². The molecule has 1 unspecified atom stereocenters. The molecule has 3 saturated heterocycles. The number of nitrogens with zero attached hydrogens (tertiary/aromatic N) is 9. The quantitative estimate of drug-likeness (QED) is 0.139. The lowest BCUT2D eigenvalue weighted by Crippen LogP contribution is -2.70. The highest BCUT2D eigenvalue weighted by Crippen LogP contribution is 2.37. The van der Waals surface area contributed by atoms with Crippen molar-refractivity contribution in [2.45, 2.75) is 56.8 Å². The third-order valence-corrected chi connectivity index (χ3v) is 11.8. The first kappa shape index (κ1) is 36.4. The van der Waals surface area contributed by atoms with Crippen LogP contribution in [0, 0.1) is 0 Å². The Hall–Kier alpha value is -6.26. The Morgan fingerprint density at radius 1 is 0.912 bits per heavy atom. The van der Waals surface area contributed by atoms with E-state index in [0.29, 0.717) is 47.2 Å². The summed E-state index contributed by atoms with van der Waals surface area (Å²) in [5.74, 6) is -0.0771. The van der Waals surface area contributed by atoms with Crippen LogP contribution in [0.25, 0.3) is 22.3 Å². The summed E-state index contributed by atoms with van der Waals surface area (Å²) < 4.78 is 7.91. The molecule has 57 heavy (non-hydrogen) atoms. The number of nitrogens with one attached hydrogen (secondary N) is 1. The second-order valence-electron chi connectivity index (χ2n) is 15.1. The number of aromatic nitrogens is 5. The molecule has 0 aliphatic carbocycles. The number of fused-ring (bicyclic) bond motifs is 2. The molecule has 4 aliphatic rings. The van der Waals surface area contributed by atoms with Crippen LogP contribution in [0.15, 0.2) is 73.2 Å². The predicted octanol–water partition coefficient (Wildman–Crippen LogP) is 3.51. The minimum absolute atomic E-state index is 0.171. The third-order valence-electron chi connectivity index (χ3n) is 11.8. The molecule has 9 rings (SSSR count). The molecular weight excluding hydrogens is 727 g/mol. The van der Waals surface area contributed by atoms with E-state index in [1.165, 1.54) is 6.33 Å². The van der Waals surface area contributed by atoms with Crippen molar-refractivity contribution >= 4 is 46.7 Å². The number of para-hydroxylation sites is 1. The number of pyridine rings is 1. The molecule has 0 bridgehead atoms. The summed E-state index contributed by atoms with van der Waals surface area (Å²) in [4.78, 5) is 71.8. The Morgan fingerprint density at radius 3 is 2.39 bits per heavy atom. The fraction of sp³-hybridized carbons (Fsp3) is 0.366. The molecule has 7 heterocycles. The number of imide groups is 2. The van der Waals surface area contributed by atoms with Crippen molar-refractivity contribution in [3.05, 3.63) is 84.3 Å². The molecule has 292 valence electrons. The first-order valence-electron chi connectivity index (χ1n) is 19.5. The summed E-state index contributed by atoms with van der Waals surface area (Å²) in [6.07, 6.45) is 6.24. The van der Waals surface area contributed by atoms with E-state index in [2.05, 4.69) is 35.0 Å². The Balaban J connectivity index is 0.791. The van der Waals surface area contributed by atoms with Crippen LogP contribution in [0.1, 0.15) is 59.4 Å². The maximum Gasteiger partial charge on any atom is 0.262 e. The van der Waals surface area contributed by atoms with Crippen LogP contribution in [-0.4, -0.2) is 121 Å². The number of carbonyl (C=O) groups excluding carboxylic acids is 4. The van der Waals surface area contributed by atoms with Crippen molar-refractivity contribution in [3.63, 3.8) is 0 Å². The van der Waals surface area contributed by atoms with Crippen LogP contribution >= 0.6 is 0 Å². The SMILES string of the molecule is CCCC(C(=O)NC=O)N1C(=O)c2ccc(N3CC(N4CC(N5CCC(n6nc(-c7ccc(Oc8ccccc8)nc7)c7c(N)ncnc76)CC5)C4)C3)cc2C1=O. The van der Waals surface area contributed by atoms with E-state index in [0.717, 1.165) is 79.3 Å². The topological polar surface area (TPSA) is 185 Å². The van der Waals surface area contributed by atoms with Crippen LogP contribution in [0.3, 0.4) is 0 Å². The van der Waals surface area contributed by atoms with Crippen molar-refractivity contribution in [1.29, 1.82) is 0 Å². The number of nitrogens with two attached hydrogens (primary N) is 1. The Bertz CT molecular complexity index is 2330. The minimum Gasteiger partial charge on any atom is -0.439 e. The molecule has 4 amide bonds. The number of anilines is 2. The number of hydrogen-bond donors (Lipinski definition) is 2. The molecule has 16 heteroatoms. The molecule has 4 aliphatic heterocycles. The van der Waals surface area contributed by atoms with Gasteiger partial charge >= 0.3 is 0 Å². The Morgan fingerprint density at radius 2 is 1.67 bits per heavy atom. The number of amides is 4. The number of ether oxygens (including phenoxy) is 1. The number of hydrogen-bond acceptors (Lipinski definition) is 13. The standard InChI is InChI=1S/C41H43N11O5/c1-2-6-33(39(54)46-24-53)51-40(55)31-11-10-27(17-32(31)41(51)56)49-21-29(22-49)50-19-28(20-50)48-15-13-26(14-16-48)52-38-35(37(42)44-23-45-38)36(47-52)25-9-12-34(43-18-25)57-30-7-4-3-5-8-30/h3-5,7-12,17-18,23-24,26,28-29,33H,2,6,13-16,19-22H2,1H3,(H2,42,44,45)(H,46,53,54). The summed E-state index contributed by atoms with van der Waals surface area (Å²) >= 11 is 0. The summed E-state index contributed by atoms with van der Waals surface area (Å²) in [7, 11) is 0. The van der Waals surface area contributed by atoms with Gasteiger partial charge in [-0.3, -0.25) is 39.2 Å². The monoisotopic (exact) mass is 769 g/mol. The second-order valence-corrected chi connectivity index (χ2v) is 15.1. The van der Waals surface area contributed by atoms with E-state index in [9.17, 15) is 19.2 Å². The van der Waals surface area contributed by atoms with Gasteiger partial charge in [0.1, 0.15) is 29.6 Å². The van der Waals surface area contributed by atoms with Gasteiger partial charge in [0.25, 0.3) is 11.8 Å². The fourth-order valence-electron chi connectivity index (χ4n) is 8.58. The van der Waals surface area contributed by atoms with Gasteiger partial charge in [0, 0.05) is 74.9 Å². The minimum atomic E-state index is -1.03. The lowest BCUT2D eigenvalue weighted by atomic mass is 9.95. The molecule has 0 spiro atoms. The lowest BCUT2D eigenvalue weighted by Gasteiger charge is -2.55. The molecule has 2 aromatic carbocycles. The first-order chi connectivity index (χ1) is 27.8. The van der Waals surface area contributed by atoms with E-state index in [1.54, 1.807) is 18.3 Å². The highest BCUT2D eigenvalue weighted by Gasteiger charge is 2.45. The molecule has 5 aromatic rings. The zero-order valence-electron chi connectivity index (χ0n) is 31.5. The smallest absolute Gasteiger partial charge is 0.262 e. The van der Waals surface area contributed by atoms with Crippen molar-refractivity contribution in [2.24, 2.45) is 0 Å². The van der Waals surface area contributed by atoms with Crippen LogP contribution in [0.2, 0.25) is 0 Å². The van der Waals surface area contributed by atoms with Gasteiger partial charge in [-0.25, -0.2) is 19.6 Å². The fourth-order valence-corrected chi connectivity index (χ4v) is 8.58. The number of likely N-dealkylation sites (tertiary alicyclic amines) is 2. The van der Waals surface area contributed by atoms with E-state index in [1.807, 2.05) is 60.1 Å². The van der Waals surface area contributed by atoms with Crippen molar-refractivity contribution in [1.82, 2.24) is 44.7 Å². The zero-order valence-corrected chi connectivity index (χ0v) is 31.5. The number of piperidine rings is 1. The summed E-state index contributed by atoms with van der Waals surface area (Å²) in [5, 5.41) is 7.89. The van der Waals surface area contributed by atoms with Crippen LogP contribution < -0.4 is 20.7 Å². The highest BCUT2D eigenvalue weighted by molar-refractivity contribution is 6.23. The Kier molecular flexibility index (Phi) is 9.58. The second kappa shape index (κ2) is 15.0. The van der Waals surface area contributed by atoms with Gasteiger partial charge in [-0.1, -0.05) is 31.5 Å². The van der Waals surface area contributed by atoms with Gasteiger partial charge in [0.05, 0.1) is 22.6 Å². The van der Waals surface area contributed by atoms with Gasteiger partial charge < -0.3 is 15.4 Å². The lowest BCUT2D eigenvalue weighted by molar-refractivity contribution is -0.128. The van der Waals surface area contributed by atoms with Crippen LogP contribution in [0.5, 0.6) is 11.6 Å². The molecular formula is C41H43N11O5. The maximum absolute atomic E-state index is 13.4. The van der Waals surface area contributed by atoms with Crippen LogP contribution in [-0.2, 0) is 9.59 Å². The van der Waals surface area contributed by atoms with E-state index in [-0.39, 0.29) is 24.4 Å². The molecule has 3 fully saturated rings. The van der Waals surface area contributed by atoms with Gasteiger partial charge in [0.2, 0.25) is 18.2 Å². The summed E-state index contributed by atoms with van der Waals surface area (Å²) in [5.41, 5.74) is 10.1.